The lowest BCUT2D eigenvalue weighted by molar-refractivity contribution is 0.0521. The molecular weight excluding hydrogens is 318 g/mol. The molecule has 0 spiro atoms. The van der Waals surface area contributed by atoms with Crippen LogP contribution in [-0.4, -0.2) is 73.4 Å². The average molecular weight is 343 g/mol. The molecule has 134 valence electrons. The van der Waals surface area contributed by atoms with Crippen molar-refractivity contribution in [3.63, 3.8) is 0 Å². The highest BCUT2D eigenvalue weighted by Crippen LogP contribution is 2.25. The van der Waals surface area contributed by atoms with Crippen LogP contribution in [0.4, 0.5) is 4.79 Å². The number of amides is 2. The summed E-state index contributed by atoms with van der Waals surface area (Å²) in [4.78, 5) is 15.5. The van der Waals surface area contributed by atoms with Crippen LogP contribution in [0.1, 0.15) is 0 Å². The highest BCUT2D eigenvalue weighted by molar-refractivity contribution is 5.88. The molecule has 1 saturated heterocycles. The van der Waals surface area contributed by atoms with E-state index < -0.39 is 6.10 Å². The number of β-amino-alcohol motifs (C(OH)–C–C–N with tert-alkyl or cyclic N) is 1. The largest absolute Gasteiger partial charge is 0.490 e. The second-order valence-corrected chi connectivity index (χ2v) is 6.28. The summed E-state index contributed by atoms with van der Waals surface area (Å²) in [6, 6.07) is 13.9. The van der Waals surface area contributed by atoms with Crippen LogP contribution in [0.15, 0.2) is 42.5 Å². The van der Waals surface area contributed by atoms with Gasteiger partial charge in [-0.1, -0.05) is 36.4 Å². The number of benzene rings is 2. The van der Waals surface area contributed by atoms with Crippen LogP contribution in [0.5, 0.6) is 5.75 Å². The lowest BCUT2D eigenvalue weighted by atomic mass is 10.1. The van der Waals surface area contributed by atoms with E-state index in [4.69, 9.17) is 4.74 Å². The lowest BCUT2D eigenvalue weighted by Crippen LogP contribution is -2.52. The van der Waals surface area contributed by atoms with Gasteiger partial charge in [0, 0.05) is 45.2 Å². The highest BCUT2D eigenvalue weighted by Gasteiger charge is 2.22. The van der Waals surface area contributed by atoms with Gasteiger partial charge in [-0.3, -0.25) is 4.90 Å². The van der Waals surface area contributed by atoms with Gasteiger partial charge < -0.3 is 20.1 Å². The van der Waals surface area contributed by atoms with E-state index in [1.54, 1.807) is 11.9 Å². The number of piperazine rings is 1. The zero-order chi connectivity index (χ0) is 17.6. The summed E-state index contributed by atoms with van der Waals surface area (Å²) in [6.45, 7) is 3.68. The van der Waals surface area contributed by atoms with Gasteiger partial charge in [-0.2, -0.15) is 0 Å². The van der Waals surface area contributed by atoms with Crippen molar-refractivity contribution in [3.8, 4) is 5.75 Å². The summed E-state index contributed by atoms with van der Waals surface area (Å²) < 4.78 is 5.85. The van der Waals surface area contributed by atoms with Gasteiger partial charge in [-0.25, -0.2) is 4.79 Å². The number of aliphatic hydroxyl groups is 1. The van der Waals surface area contributed by atoms with Crippen LogP contribution >= 0.6 is 0 Å². The zero-order valence-electron chi connectivity index (χ0n) is 14.5. The fourth-order valence-corrected chi connectivity index (χ4v) is 3.15. The Balaban J connectivity index is 1.48. The Morgan fingerprint density at radius 3 is 2.64 bits per heavy atom. The van der Waals surface area contributed by atoms with Gasteiger partial charge in [0.05, 0.1) is 0 Å². The Morgan fingerprint density at radius 1 is 1.16 bits per heavy atom. The molecule has 1 aliphatic heterocycles. The molecule has 1 fully saturated rings. The number of hydrogen-bond donors (Lipinski definition) is 2. The molecule has 1 atom stereocenters. The van der Waals surface area contributed by atoms with Crippen molar-refractivity contribution in [2.75, 3.05) is 46.4 Å². The van der Waals surface area contributed by atoms with Crippen LogP contribution in [0.2, 0.25) is 0 Å². The van der Waals surface area contributed by atoms with E-state index in [9.17, 15) is 9.90 Å². The molecule has 3 rings (SSSR count). The Bertz CT molecular complexity index is 709. The average Bonchev–Trinajstić information content (AvgIpc) is 2.66. The maximum Gasteiger partial charge on any atom is 0.317 e. The Kier molecular flexibility index (Phi) is 5.73. The fourth-order valence-electron chi connectivity index (χ4n) is 3.15. The smallest absolute Gasteiger partial charge is 0.317 e. The first-order valence-corrected chi connectivity index (χ1v) is 8.65. The molecule has 25 heavy (non-hydrogen) atoms. The number of ether oxygens (including phenoxy) is 1. The molecule has 1 unspecified atom stereocenters. The van der Waals surface area contributed by atoms with Gasteiger partial charge in [0.25, 0.3) is 0 Å². The van der Waals surface area contributed by atoms with Crippen LogP contribution in [0.25, 0.3) is 10.8 Å². The minimum Gasteiger partial charge on any atom is -0.490 e. The number of rotatable bonds is 5. The van der Waals surface area contributed by atoms with Gasteiger partial charge in [-0.05, 0) is 11.5 Å². The molecule has 6 heteroatoms. The van der Waals surface area contributed by atoms with Gasteiger partial charge in [0.15, 0.2) is 0 Å². The topological polar surface area (TPSA) is 65.0 Å². The third kappa shape index (κ3) is 4.41. The third-order valence-corrected chi connectivity index (χ3v) is 4.52. The van der Waals surface area contributed by atoms with Gasteiger partial charge >= 0.3 is 6.03 Å². The third-order valence-electron chi connectivity index (χ3n) is 4.52. The number of hydrogen-bond acceptors (Lipinski definition) is 4. The van der Waals surface area contributed by atoms with Crippen molar-refractivity contribution < 1.29 is 14.6 Å². The number of carbonyl (C=O) groups is 1. The first-order valence-electron chi connectivity index (χ1n) is 8.65. The summed E-state index contributed by atoms with van der Waals surface area (Å²) in [6.07, 6.45) is -0.564. The summed E-state index contributed by atoms with van der Waals surface area (Å²) >= 11 is 0. The molecule has 0 bridgehead atoms. The molecule has 2 amide bonds. The van der Waals surface area contributed by atoms with Gasteiger partial charge in [0.2, 0.25) is 0 Å². The zero-order valence-corrected chi connectivity index (χ0v) is 14.5. The van der Waals surface area contributed by atoms with E-state index in [1.165, 1.54) is 0 Å². The maximum atomic E-state index is 11.6. The van der Waals surface area contributed by atoms with E-state index in [1.807, 2.05) is 42.5 Å². The van der Waals surface area contributed by atoms with Crippen LogP contribution < -0.4 is 10.1 Å². The lowest BCUT2D eigenvalue weighted by Gasteiger charge is -2.35. The van der Waals surface area contributed by atoms with Crippen molar-refractivity contribution >= 4 is 16.8 Å². The van der Waals surface area contributed by atoms with Gasteiger partial charge in [0.1, 0.15) is 18.5 Å². The van der Waals surface area contributed by atoms with Crippen molar-refractivity contribution in [3.05, 3.63) is 42.5 Å². The molecule has 0 aromatic heterocycles. The molecule has 0 radical (unpaired) electrons. The number of carbonyl (C=O) groups excluding carboxylic acids is 1. The van der Waals surface area contributed by atoms with Gasteiger partial charge in [-0.15, -0.1) is 0 Å². The monoisotopic (exact) mass is 343 g/mol. The number of aliphatic hydroxyl groups excluding tert-OH is 1. The quantitative estimate of drug-likeness (QED) is 0.864. The minimum atomic E-state index is -0.564. The van der Waals surface area contributed by atoms with E-state index in [0.717, 1.165) is 29.6 Å². The summed E-state index contributed by atoms with van der Waals surface area (Å²) in [7, 11) is 1.64. The van der Waals surface area contributed by atoms with Crippen molar-refractivity contribution in [1.82, 2.24) is 15.1 Å². The first-order chi connectivity index (χ1) is 12.2. The molecule has 2 N–H and O–H groups in total. The van der Waals surface area contributed by atoms with E-state index in [2.05, 4.69) is 10.2 Å². The molecule has 0 aliphatic carbocycles. The summed E-state index contributed by atoms with van der Waals surface area (Å²) in [5.41, 5.74) is 0. The predicted molar refractivity (Wildman–Crippen MR) is 97.9 cm³/mol. The number of nitrogens with one attached hydrogen (secondary N) is 1. The Morgan fingerprint density at radius 2 is 1.88 bits per heavy atom. The Labute approximate surface area is 148 Å². The molecule has 2 aromatic carbocycles. The standard InChI is InChI=1S/C19H25N3O3/c1-20-19(24)22-11-9-21(10-12-22)13-16(23)14-25-18-8-4-6-15-5-2-3-7-17(15)18/h2-8,16,23H,9-14H2,1H3,(H,20,24). The normalized spacial score (nSPS) is 16.6. The van der Waals surface area contributed by atoms with Crippen molar-refractivity contribution in [1.29, 1.82) is 0 Å². The number of fused-ring (bicyclic) bond motifs is 1. The van der Waals surface area contributed by atoms with Crippen LogP contribution in [-0.2, 0) is 0 Å². The second-order valence-electron chi connectivity index (χ2n) is 6.28. The molecule has 1 heterocycles. The van der Waals surface area contributed by atoms with Crippen molar-refractivity contribution in [2.24, 2.45) is 0 Å². The Hall–Kier alpha value is -2.31. The van der Waals surface area contributed by atoms with E-state index >= 15 is 0 Å². The minimum absolute atomic E-state index is 0.0421. The summed E-state index contributed by atoms with van der Waals surface area (Å²) in [5.74, 6) is 0.793. The molecule has 1 aliphatic rings. The molecule has 0 saturated carbocycles. The fraction of sp³-hybridized carbons (Fsp3) is 0.421. The van der Waals surface area contributed by atoms with Crippen LogP contribution in [0.3, 0.4) is 0 Å². The SMILES string of the molecule is CNC(=O)N1CCN(CC(O)COc2cccc3ccccc23)CC1. The molecule has 6 nitrogen and oxygen atoms in total. The van der Waals surface area contributed by atoms with E-state index in [-0.39, 0.29) is 12.6 Å². The predicted octanol–water partition coefficient (Wildman–Crippen LogP) is 1.54. The van der Waals surface area contributed by atoms with Crippen molar-refractivity contribution in [2.45, 2.75) is 6.10 Å². The highest BCUT2D eigenvalue weighted by atomic mass is 16.5. The molecular formula is C19H25N3O3. The maximum absolute atomic E-state index is 11.6. The van der Waals surface area contributed by atoms with E-state index in [0.29, 0.717) is 19.6 Å². The number of nitrogens with zero attached hydrogens (tertiary/aromatic N) is 2. The number of urea groups is 1. The molecule has 2 aromatic rings. The second kappa shape index (κ2) is 8.18. The first kappa shape index (κ1) is 17.5. The van der Waals surface area contributed by atoms with Crippen LogP contribution in [0, 0.1) is 0 Å². The summed E-state index contributed by atoms with van der Waals surface area (Å²) in [5, 5.41) is 15.1.